The Balaban J connectivity index is 1.62. The average Bonchev–Trinajstić information content (AvgIpc) is 2.55. The molecule has 3 rings (SSSR count). The van der Waals surface area contributed by atoms with E-state index in [4.69, 9.17) is 10.5 Å². The fourth-order valence-corrected chi connectivity index (χ4v) is 2.52. The van der Waals surface area contributed by atoms with E-state index in [2.05, 4.69) is 10.6 Å². The van der Waals surface area contributed by atoms with Gasteiger partial charge >= 0.3 is 6.03 Å². The molecule has 6 nitrogen and oxygen atoms in total. The van der Waals surface area contributed by atoms with E-state index in [-0.39, 0.29) is 11.8 Å². The first-order chi connectivity index (χ1) is 11.1. The number of amides is 3. The Labute approximate surface area is 133 Å². The van der Waals surface area contributed by atoms with Gasteiger partial charge in [-0.1, -0.05) is 18.2 Å². The van der Waals surface area contributed by atoms with Crippen molar-refractivity contribution in [3.05, 3.63) is 54.1 Å². The van der Waals surface area contributed by atoms with E-state index in [0.717, 1.165) is 11.3 Å². The maximum atomic E-state index is 12.4. The largest absolute Gasteiger partial charge is 0.492 e. The number of urea groups is 1. The molecule has 0 fully saturated rings. The Bertz CT molecular complexity index is 728. The fourth-order valence-electron chi connectivity index (χ4n) is 2.52. The molecule has 1 unspecified atom stereocenters. The number of nitrogens with two attached hydrogens (primary N) is 1. The van der Waals surface area contributed by atoms with Crippen molar-refractivity contribution in [2.45, 2.75) is 6.42 Å². The summed E-state index contributed by atoms with van der Waals surface area (Å²) in [4.78, 5) is 23.1. The van der Waals surface area contributed by atoms with Gasteiger partial charge in [-0.15, -0.1) is 0 Å². The average molecular weight is 311 g/mol. The molecule has 1 aliphatic heterocycles. The monoisotopic (exact) mass is 311 g/mol. The lowest BCUT2D eigenvalue weighted by Gasteiger charge is -2.24. The zero-order valence-corrected chi connectivity index (χ0v) is 12.4. The van der Waals surface area contributed by atoms with Gasteiger partial charge in [0.1, 0.15) is 12.4 Å². The van der Waals surface area contributed by atoms with Gasteiger partial charge in [-0.05, 0) is 42.3 Å². The van der Waals surface area contributed by atoms with Crippen LogP contribution in [0.5, 0.6) is 5.75 Å². The summed E-state index contributed by atoms with van der Waals surface area (Å²) in [7, 11) is 0. The van der Waals surface area contributed by atoms with Crippen LogP contribution >= 0.6 is 0 Å². The molecule has 1 atom stereocenters. The predicted octanol–water partition coefficient (Wildman–Crippen LogP) is 2.37. The highest BCUT2D eigenvalue weighted by Crippen LogP contribution is 2.27. The molecule has 118 valence electrons. The summed E-state index contributed by atoms with van der Waals surface area (Å²) in [5, 5.41) is 5.33. The summed E-state index contributed by atoms with van der Waals surface area (Å²) in [5.41, 5.74) is 7.32. The molecule has 1 heterocycles. The van der Waals surface area contributed by atoms with Crippen LogP contribution in [0.15, 0.2) is 48.5 Å². The van der Waals surface area contributed by atoms with Crippen molar-refractivity contribution in [2.75, 3.05) is 17.2 Å². The second-order valence-electron chi connectivity index (χ2n) is 5.38. The molecule has 4 N–H and O–H groups in total. The van der Waals surface area contributed by atoms with Crippen LogP contribution in [-0.4, -0.2) is 18.5 Å². The SMILES string of the molecule is NC(=O)Nc1ccc(NC(=O)C2COc3ccccc3C2)cc1. The summed E-state index contributed by atoms with van der Waals surface area (Å²) in [5.74, 6) is 0.530. The molecule has 2 aromatic rings. The molecule has 6 heteroatoms. The lowest BCUT2D eigenvalue weighted by molar-refractivity contribution is -0.121. The molecule has 0 aromatic heterocycles. The van der Waals surface area contributed by atoms with Crippen LogP contribution in [0.25, 0.3) is 0 Å². The molecule has 0 aliphatic carbocycles. The highest BCUT2D eigenvalue weighted by Gasteiger charge is 2.25. The van der Waals surface area contributed by atoms with Crippen molar-refractivity contribution in [3.63, 3.8) is 0 Å². The minimum Gasteiger partial charge on any atom is -0.492 e. The Hall–Kier alpha value is -3.02. The summed E-state index contributed by atoms with van der Waals surface area (Å²) >= 11 is 0. The van der Waals surface area contributed by atoms with Crippen LogP contribution in [0.1, 0.15) is 5.56 Å². The number of benzene rings is 2. The topological polar surface area (TPSA) is 93.5 Å². The molecule has 0 saturated heterocycles. The van der Waals surface area contributed by atoms with Gasteiger partial charge in [-0.2, -0.15) is 0 Å². The van der Waals surface area contributed by atoms with Crippen molar-refractivity contribution in [1.82, 2.24) is 0 Å². The number of carbonyl (C=O) groups excluding carboxylic acids is 2. The Morgan fingerprint density at radius 3 is 2.35 bits per heavy atom. The zero-order chi connectivity index (χ0) is 16.2. The van der Waals surface area contributed by atoms with Crippen molar-refractivity contribution in [2.24, 2.45) is 11.7 Å². The molecule has 3 amide bonds. The first kappa shape index (κ1) is 14.9. The first-order valence-electron chi connectivity index (χ1n) is 7.30. The quantitative estimate of drug-likeness (QED) is 0.812. The Kier molecular flexibility index (Phi) is 4.14. The molecule has 0 spiro atoms. The van der Waals surface area contributed by atoms with E-state index in [1.165, 1.54) is 0 Å². The molecular weight excluding hydrogens is 294 g/mol. The van der Waals surface area contributed by atoms with E-state index in [1.807, 2.05) is 24.3 Å². The minimum absolute atomic E-state index is 0.0879. The van der Waals surface area contributed by atoms with E-state index < -0.39 is 6.03 Å². The zero-order valence-electron chi connectivity index (χ0n) is 12.4. The van der Waals surface area contributed by atoms with E-state index >= 15 is 0 Å². The maximum absolute atomic E-state index is 12.4. The van der Waals surface area contributed by atoms with Crippen LogP contribution in [0.3, 0.4) is 0 Å². The second kappa shape index (κ2) is 6.39. The standard InChI is InChI=1S/C17H17N3O3/c18-17(22)20-14-7-5-13(6-8-14)19-16(21)12-9-11-3-1-2-4-15(11)23-10-12/h1-8,12H,9-10H2,(H,19,21)(H3,18,20,22). The highest BCUT2D eigenvalue weighted by molar-refractivity contribution is 5.93. The van der Waals surface area contributed by atoms with Gasteiger partial charge in [0.15, 0.2) is 0 Å². The van der Waals surface area contributed by atoms with Crippen LogP contribution in [0.4, 0.5) is 16.2 Å². The Morgan fingerprint density at radius 2 is 1.65 bits per heavy atom. The predicted molar refractivity (Wildman–Crippen MR) is 87.4 cm³/mol. The molecule has 23 heavy (non-hydrogen) atoms. The smallest absolute Gasteiger partial charge is 0.316 e. The van der Waals surface area contributed by atoms with Gasteiger partial charge in [0.25, 0.3) is 0 Å². The van der Waals surface area contributed by atoms with Gasteiger partial charge in [0, 0.05) is 11.4 Å². The summed E-state index contributed by atoms with van der Waals surface area (Å²) in [6, 6.07) is 13.9. The molecule has 0 bridgehead atoms. The number of primary amides is 1. The number of carbonyl (C=O) groups is 2. The minimum atomic E-state index is -0.625. The molecule has 1 aliphatic rings. The van der Waals surface area contributed by atoms with Crippen LogP contribution < -0.4 is 21.1 Å². The fraction of sp³-hybridized carbons (Fsp3) is 0.176. The number of ether oxygens (including phenoxy) is 1. The van der Waals surface area contributed by atoms with Crippen molar-refractivity contribution in [1.29, 1.82) is 0 Å². The number of para-hydroxylation sites is 1. The summed E-state index contributed by atoms with van der Waals surface area (Å²) in [6.07, 6.45) is 0.656. The maximum Gasteiger partial charge on any atom is 0.316 e. The van der Waals surface area contributed by atoms with E-state index in [0.29, 0.717) is 24.4 Å². The molecule has 0 saturated carbocycles. The van der Waals surface area contributed by atoms with Gasteiger partial charge in [-0.25, -0.2) is 4.79 Å². The summed E-state index contributed by atoms with van der Waals surface area (Å²) < 4.78 is 5.64. The lowest BCUT2D eigenvalue weighted by atomic mass is 9.96. The number of rotatable bonds is 3. The van der Waals surface area contributed by atoms with Crippen LogP contribution in [-0.2, 0) is 11.2 Å². The van der Waals surface area contributed by atoms with Crippen molar-refractivity contribution < 1.29 is 14.3 Å². The third kappa shape index (κ3) is 3.60. The molecular formula is C17H17N3O3. The van der Waals surface area contributed by atoms with Crippen molar-refractivity contribution in [3.8, 4) is 5.75 Å². The van der Waals surface area contributed by atoms with E-state index in [1.54, 1.807) is 24.3 Å². The summed E-state index contributed by atoms with van der Waals surface area (Å²) in [6.45, 7) is 0.365. The Morgan fingerprint density at radius 1 is 1.00 bits per heavy atom. The van der Waals surface area contributed by atoms with Crippen molar-refractivity contribution >= 4 is 23.3 Å². The molecule has 2 aromatic carbocycles. The first-order valence-corrected chi connectivity index (χ1v) is 7.30. The number of hydrogen-bond acceptors (Lipinski definition) is 3. The highest BCUT2D eigenvalue weighted by atomic mass is 16.5. The van der Waals surface area contributed by atoms with E-state index in [9.17, 15) is 9.59 Å². The number of nitrogens with one attached hydrogen (secondary N) is 2. The van der Waals surface area contributed by atoms with Crippen LogP contribution in [0.2, 0.25) is 0 Å². The van der Waals surface area contributed by atoms with Gasteiger partial charge in [0.2, 0.25) is 5.91 Å². The van der Waals surface area contributed by atoms with Gasteiger partial charge < -0.3 is 21.1 Å². The number of hydrogen-bond donors (Lipinski definition) is 3. The third-order valence-electron chi connectivity index (χ3n) is 3.67. The number of fused-ring (bicyclic) bond motifs is 1. The normalized spacial score (nSPS) is 15.9. The second-order valence-corrected chi connectivity index (χ2v) is 5.38. The number of anilines is 2. The lowest BCUT2D eigenvalue weighted by Crippen LogP contribution is -2.32. The van der Waals surface area contributed by atoms with Crippen LogP contribution in [0, 0.1) is 5.92 Å². The third-order valence-corrected chi connectivity index (χ3v) is 3.67. The van der Waals surface area contributed by atoms with Gasteiger partial charge in [0.05, 0.1) is 5.92 Å². The molecule has 0 radical (unpaired) electrons. The van der Waals surface area contributed by atoms with Gasteiger partial charge in [-0.3, -0.25) is 4.79 Å².